The molecule has 0 atom stereocenters. The van der Waals surface area contributed by atoms with Gasteiger partial charge in [0.2, 0.25) is 0 Å². The molecule has 0 bridgehead atoms. The normalized spacial score (nSPS) is 10.4. The van der Waals surface area contributed by atoms with Crippen LogP contribution in [0.1, 0.15) is 5.56 Å². The highest BCUT2D eigenvalue weighted by atomic mass is 35.5. The molecule has 1 aromatic carbocycles. The van der Waals surface area contributed by atoms with Gasteiger partial charge in [-0.25, -0.2) is 4.68 Å². The number of anilines is 1. The van der Waals surface area contributed by atoms with Crippen LogP contribution in [-0.2, 0) is 6.54 Å². The first kappa shape index (κ1) is 12.7. The van der Waals surface area contributed by atoms with Crippen LogP contribution < -0.4 is 5.32 Å². The number of hydrogen-bond acceptors (Lipinski definition) is 3. The van der Waals surface area contributed by atoms with Crippen molar-refractivity contribution in [3.05, 3.63) is 71.8 Å². The zero-order valence-corrected chi connectivity index (χ0v) is 11.5. The van der Waals surface area contributed by atoms with Crippen molar-refractivity contribution in [2.45, 2.75) is 6.54 Å². The van der Waals surface area contributed by atoms with Crippen molar-refractivity contribution in [2.75, 3.05) is 5.32 Å². The molecular formula is C15H13ClN4. The highest BCUT2D eigenvalue weighted by molar-refractivity contribution is 6.33. The maximum absolute atomic E-state index is 6.09. The van der Waals surface area contributed by atoms with Crippen LogP contribution in [0.4, 0.5) is 5.69 Å². The Morgan fingerprint density at radius 2 is 2.00 bits per heavy atom. The third-order valence-corrected chi connectivity index (χ3v) is 3.29. The minimum atomic E-state index is 0.615. The molecule has 3 aromatic rings. The summed E-state index contributed by atoms with van der Waals surface area (Å²) in [7, 11) is 0. The average Bonchev–Trinajstić information content (AvgIpc) is 3.01. The third-order valence-electron chi connectivity index (χ3n) is 2.98. The lowest BCUT2D eigenvalue weighted by Gasteiger charge is -2.12. The molecule has 0 amide bonds. The van der Waals surface area contributed by atoms with E-state index in [0.717, 1.165) is 16.9 Å². The smallest absolute Gasteiger partial charge is 0.0820 e. The second kappa shape index (κ2) is 5.75. The van der Waals surface area contributed by atoms with Crippen molar-refractivity contribution in [1.82, 2.24) is 14.8 Å². The Kier molecular flexibility index (Phi) is 3.65. The monoisotopic (exact) mass is 284 g/mol. The van der Waals surface area contributed by atoms with Gasteiger partial charge in [-0.1, -0.05) is 29.8 Å². The number of benzene rings is 1. The van der Waals surface area contributed by atoms with Crippen molar-refractivity contribution >= 4 is 17.3 Å². The largest absolute Gasteiger partial charge is 0.380 e. The predicted molar refractivity (Wildman–Crippen MR) is 80.1 cm³/mol. The number of hydrogen-bond donors (Lipinski definition) is 1. The molecule has 0 radical (unpaired) electrons. The number of nitrogens with one attached hydrogen (secondary N) is 1. The molecule has 0 spiro atoms. The molecule has 4 nitrogen and oxygen atoms in total. The summed E-state index contributed by atoms with van der Waals surface area (Å²) in [6, 6.07) is 11.9. The molecule has 0 aliphatic heterocycles. The van der Waals surface area contributed by atoms with Gasteiger partial charge in [0.25, 0.3) is 0 Å². The SMILES string of the molecule is Clc1cnccc1NCc1ccccc1-n1cccn1. The lowest BCUT2D eigenvalue weighted by atomic mass is 10.1. The van der Waals surface area contributed by atoms with Crippen molar-refractivity contribution in [3.63, 3.8) is 0 Å². The predicted octanol–water partition coefficient (Wildman–Crippen LogP) is 3.53. The molecule has 0 saturated heterocycles. The second-order valence-electron chi connectivity index (χ2n) is 4.29. The van der Waals surface area contributed by atoms with Gasteiger partial charge < -0.3 is 5.32 Å². The first-order chi connectivity index (χ1) is 9.84. The second-order valence-corrected chi connectivity index (χ2v) is 4.70. The molecule has 0 saturated carbocycles. The molecule has 5 heteroatoms. The lowest BCUT2D eigenvalue weighted by molar-refractivity contribution is 0.864. The number of halogens is 1. The number of nitrogens with zero attached hydrogens (tertiary/aromatic N) is 3. The average molecular weight is 285 g/mol. The molecule has 2 heterocycles. The summed E-state index contributed by atoms with van der Waals surface area (Å²) < 4.78 is 1.85. The molecule has 0 unspecified atom stereocenters. The van der Waals surface area contributed by atoms with Gasteiger partial charge in [0.15, 0.2) is 0 Å². The van der Waals surface area contributed by atoms with Gasteiger partial charge in [0.1, 0.15) is 0 Å². The van der Waals surface area contributed by atoms with Crippen LogP contribution in [0.25, 0.3) is 5.69 Å². The fourth-order valence-electron chi connectivity index (χ4n) is 2.00. The molecule has 0 fully saturated rings. The maximum Gasteiger partial charge on any atom is 0.0820 e. The molecular weight excluding hydrogens is 272 g/mol. The van der Waals surface area contributed by atoms with Gasteiger partial charge >= 0.3 is 0 Å². The number of rotatable bonds is 4. The summed E-state index contributed by atoms with van der Waals surface area (Å²) in [4.78, 5) is 3.97. The molecule has 2 aromatic heterocycles. The molecule has 0 aliphatic rings. The van der Waals surface area contributed by atoms with E-state index in [1.807, 2.05) is 41.2 Å². The van der Waals surface area contributed by atoms with E-state index in [2.05, 4.69) is 21.5 Å². The summed E-state index contributed by atoms with van der Waals surface area (Å²) in [5, 5.41) is 8.21. The fraction of sp³-hybridized carbons (Fsp3) is 0.0667. The fourth-order valence-corrected chi connectivity index (χ4v) is 2.19. The van der Waals surface area contributed by atoms with Gasteiger partial charge in [-0.2, -0.15) is 5.10 Å². The molecule has 1 N–H and O–H groups in total. The summed E-state index contributed by atoms with van der Waals surface area (Å²) in [5.74, 6) is 0. The van der Waals surface area contributed by atoms with Crippen molar-refractivity contribution in [3.8, 4) is 5.69 Å². The zero-order valence-electron chi connectivity index (χ0n) is 10.7. The first-order valence-electron chi connectivity index (χ1n) is 6.26. The van der Waals surface area contributed by atoms with E-state index in [4.69, 9.17) is 11.6 Å². The topological polar surface area (TPSA) is 42.7 Å². The summed E-state index contributed by atoms with van der Waals surface area (Å²) in [5.41, 5.74) is 3.07. The Morgan fingerprint density at radius 1 is 1.10 bits per heavy atom. The van der Waals surface area contributed by atoms with Crippen molar-refractivity contribution in [2.24, 2.45) is 0 Å². The van der Waals surface area contributed by atoms with Gasteiger partial charge in [-0.3, -0.25) is 4.98 Å². The minimum Gasteiger partial charge on any atom is -0.380 e. The lowest BCUT2D eigenvalue weighted by Crippen LogP contribution is -2.05. The Balaban J connectivity index is 1.84. The van der Waals surface area contributed by atoms with Crippen LogP contribution in [0.2, 0.25) is 5.02 Å². The summed E-state index contributed by atoms with van der Waals surface area (Å²) in [6.07, 6.45) is 7.04. The Hall–Kier alpha value is -2.33. The van der Waals surface area contributed by atoms with E-state index in [1.54, 1.807) is 18.6 Å². The Bertz CT molecular complexity index is 695. The number of aromatic nitrogens is 3. The number of pyridine rings is 1. The highest BCUT2D eigenvalue weighted by Gasteiger charge is 2.05. The molecule has 100 valence electrons. The summed E-state index contributed by atoms with van der Waals surface area (Å²) >= 11 is 6.09. The van der Waals surface area contributed by atoms with Crippen LogP contribution in [0.3, 0.4) is 0 Å². The summed E-state index contributed by atoms with van der Waals surface area (Å²) in [6.45, 7) is 0.666. The van der Waals surface area contributed by atoms with E-state index in [1.165, 1.54) is 0 Å². The molecule has 20 heavy (non-hydrogen) atoms. The van der Waals surface area contributed by atoms with Gasteiger partial charge in [-0.05, 0) is 23.8 Å². The number of para-hydroxylation sites is 1. The van der Waals surface area contributed by atoms with Gasteiger partial charge in [0, 0.05) is 31.3 Å². The van der Waals surface area contributed by atoms with E-state index in [-0.39, 0.29) is 0 Å². The van der Waals surface area contributed by atoms with Crippen LogP contribution in [0, 0.1) is 0 Å². The van der Waals surface area contributed by atoms with E-state index in [0.29, 0.717) is 11.6 Å². The van der Waals surface area contributed by atoms with Crippen LogP contribution in [0.15, 0.2) is 61.2 Å². The van der Waals surface area contributed by atoms with Crippen LogP contribution in [0.5, 0.6) is 0 Å². The molecule has 0 aliphatic carbocycles. The van der Waals surface area contributed by atoms with Crippen molar-refractivity contribution in [1.29, 1.82) is 0 Å². The van der Waals surface area contributed by atoms with Gasteiger partial charge in [-0.15, -0.1) is 0 Å². The molecule has 3 rings (SSSR count). The standard InChI is InChI=1S/C15H13ClN4/c16-13-11-17-8-6-14(13)18-10-12-4-1-2-5-15(12)20-9-3-7-19-20/h1-9,11H,10H2,(H,17,18). The van der Waals surface area contributed by atoms with Gasteiger partial charge in [0.05, 0.1) is 16.4 Å². The first-order valence-corrected chi connectivity index (χ1v) is 6.64. The Morgan fingerprint density at radius 3 is 2.80 bits per heavy atom. The zero-order chi connectivity index (χ0) is 13.8. The van der Waals surface area contributed by atoms with Crippen LogP contribution in [-0.4, -0.2) is 14.8 Å². The third kappa shape index (κ3) is 2.65. The van der Waals surface area contributed by atoms with E-state index >= 15 is 0 Å². The highest BCUT2D eigenvalue weighted by Crippen LogP contribution is 2.21. The minimum absolute atomic E-state index is 0.615. The van der Waals surface area contributed by atoms with Crippen molar-refractivity contribution < 1.29 is 0 Å². The van der Waals surface area contributed by atoms with Crippen LogP contribution >= 0.6 is 11.6 Å². The maximum atomic E-state index is 6.09. The van der Waals surface area contributed by atoms with E-state index < -0.39 is 0 Å². The Labute approximate surface area is 122 Å². The quantitative estimate of drug-likeness (QED) is 0.797. The van der Waals surface area contributed by atoms with E-state index in [9.17, 15) is 0 Å².